The van der Waals surface area contributed by atoms with Crippen LogP contribution in [0.1, 0.15) is 23.6 Å². The Kier molecular flexibility index (Phi) is 5.01. The van der Waals surface area contributed by atoms with Crippen LogP contribution in [0.3, 0.4) is 0 Å². The summed E-state index contributed by atoms with van der Waals surface area (Å²) in [7, 11) is 3.25. The lowest BCUT2D eigenvalue weighted by Gasteiger charge is -2.20. The number of carbonyl (C=O) groups is 1. The number of hydrogen-bond donors (Lipinski definition) is 2. The number of rotatable bonds is 5. The highest BCUT2D eigenvalue weighted by atomic mass is 79.9. The van der Waals surface area contributed by atoms with Crippen molar-refractivity contribution in [2.24, 2.45) is 5.92 Å². The van der Waals surface area contributed by atoms with E-state index in [0.717, 1.165) is 21.3 Å². The fourth-order valence-corrected chi connectivity index (χ4v) is 3.11. The maximum atomic E-state index is 11.1. The van der Waals surface area contributed by atoms with Crippen molar-refractivity contribution in [2.75, 3.05) is 20.8 Å². The van der Waals surface area contributed by atoms with E-state index in [4.69, 9.17) is 14.6 Å². The Morgan fingerprint density at radius 2 is 2.25 bits per heavy atom. The lowest BCUT2D eigenvalue weighted by molar-refractivity contribution is -0.141. The van der Waals surface area contributed by atoms with Crippen molar-refractivity contribution >= 4 is 21.9 Å². The van der Waals surface area contributed by atoms with Gasteiger partial charge < -0.3 is 19.9 Å². The lowest BCUT2D eigenvalue weighted by atomic mass is 9.95. The third-order valence-corrected chi connectivity index (χ3v) is 4.00. The number of aliphatic carboxylic acids is 1. The van der Waals surface area contributed by atoms with Crippen LogP contribution in [0.2, 0.25) is 0 Å². The third-order valence-electron chi connectivity index (χ3n) is 3.54. The zero-order chi connectivity index (χ0) is 14.7. The molecular weight excluding hydrogens is 326 g/mol. The van der Waals surface area contributed by atoms with Gasteiger partial charge in [0.05, 0.1) is 19.6 Å². The van der Waals surface area contributed by atoms with Crippen molar-refractivity contribution in [3.8, 4) is 5.75 Å². The van der Waals surface area contributed by atoms with Crippen LogP contribution in [0.5, 0.6) is 5.75 Å². The summed E-state index contributed by atoms with van der Waals surface area (Å²) in [6.07, 6.45) is 0.560. The first kappa shape index (κ1) is 15.3. The molecule has 6 heteroatoms. The first-order valence-electron chi connectivity index (χ1n) is 6.38. The second-order valence-electron chi connectivity index (χ2n) is 4.85. The van der Waals surface area contributed by atoms with Crippen molar-refractivity contribution in [3.05, 3.63) is 27.7 Å². The number of ether oxygens (including phenoxy) is 2. The van der Waals surface area contributed by atoms with Gasteiger partial charge in [-0.1, -0.05) is 15.9 Å². The van der Waals surface area contributed by atoms with Gasteiger partial charge in [-0.15, -0.1) is 0 Å². The molecule has 2 atom stereocenters. The Morgan fingerprint density at radius 1 is 1.50 bits per heavy atom. The van der Waals surface area contributed by atoms with Crippen molar-refractivity contribution in [1.29, 1.82) is 0 Å². The minimum atomic E-state index is -0.760. The molecule has 1 saturated heterocycles. The number of carboxylic acid groups (broad SMARTS) is 1. The fraction of sp³-hybridized carbons (Fsp3) is 0.500. The maximum absolute atomic E-state index is 11.1. The second kappa shape index (κ2) is 6.56. The molecule has 20 heavy (non-hydrogen) atoms. The van der Waals surface area contributed by atoms with E-state index in [0.29, 0.717) is 19.6 Å². The maximum Gasteiger partial charge on any atom is 0.307 e. The minimum absolute atomic E-state index is 0.0238. The monoisotopic (exact) mass is 343 g/mol. The molecule has 0 aromatic heterocycles. The van der Waals surface area contributed by atoms with Gasteiger partial charge in [-0.25, -0.2) is 0 Å². The summed E-state index contributed by atoms with van der Waals surface area (Å²) in [6.45, 7) is 0.937. The summed E-state index contributed by atoms with van der Waals surface area (Å²) >= 11 is 3.45. The smallest absolute Gasteiger partial charge is 0.307 e. The van der Waals surface area contributed by atoms with E-state index in [2.05, 4.69) is 21.2 Å². The van der Waals surface area contributed by atoms with E-state index < -0.39 is 5.97 Å². The van der Waals surface area contributed by atoms with Gasteiger partial charge in [0.1, 0.15) is 5.75 Å². The molecule has 1 aromatic carbocycles. The van der Waals surface area contributed by atoms with Crippen LogP contribution in [0, 0.1) is 5.92 Å². The average molecular weight is 344 g/mol. The molecule has 0 radical (unpaired) electrons. The quantitative estimate of drug-likeness (QED) is 0.858. The average Bonchev–Trinajstić information content (AvgIpc) is 2.87. The van der Waals surface area contributed by atoms with Crippen molar-refractivity contribution in [1.82, 2.24) is 5.32 Å². The van der Waals surface area contributed by atoms with Gasteiger partial charge in [-0.05, 0) is 24.1 Å². The molecule has 2 unspecified atom stereocenters. The normalized spacial score (nSPS) is 21.9. The Bertz CT molecular complexity index is 506. The van der Waals surface area contributed by atoms with Crippen LogP contribution in [0.15, 0.2) is 16.6 Å². The summed E-state index contributed by atoms with van der Waals surface area (Å²) < 4.78 is 11.6. The minimum Gasteiger partial charge on any atom is -0.496 e. The molecule has 1 aliphatic rings. The highest BCUT2D eigenvalue weighted by Crippen LogP contribution is 2.38. The van der Waals surface area contributed by atoms with E-state index in [1.54, 1.807) is 14.2 Å². The number of nitrogens with one attached hydrogen (secondary N) is 1. The standard InChI is InChI=1S/C14H18BrNO4/c1-19-7-9-3-10(15)5-12(20-2)13(9)11-4-8(6-16-11)14(17)18/h3,5,8,11,16H,4,6-7H2,1-2H3,(H,17,18). The number of hydrogen-bond acceptors (Lipinski definition) is 4. The molecule has 110 valence electrons. The highest BCUT2D eigenvalue weighted by Gasteiger charge is 2.33. The molecule has 1 aromatic rings. The van der Waals surface area contributed by atoms with Gasteiger partial charge in [0.25, 0.3) is 0 Å². The van der Waals surface area contributed by atoms with E-state index in [1.807, 2.05) is 12.1 Å². The number of benzene rings is 1. The summed E-state index contributed by atoms with van der Waals surface area (Å²) in [6, 6.07) is 3.85. The topological polar surface area (TPSA) is 67.8 Å². The molecule has 2 N–H and O–H groups in total. The molecule has 1 aliphatic heterocycles. The number of carboxylic acids is 1. The van der Waals surface area contributed by atoms with Gasteiger partial charge in [-0.2, -0.15) is 0 Å². The van der Waals surface area contributed by atoms with Gasteiger partial charge in [-0.3, -0.25) is 4.79 Å². The Hall–Kier alpha value is -1.11. The van der Waals surface area contributed by atoms with Gasteiger partial charge in [0.15, 0.2) is 0 Å². The van der Waals surface area contributed by atoms with Crippen LogP contribution in [-0.4, -0.2) is 31.8 Å². The molecule has 0 saturated carbocycles. The zero-order valence-corrected chi connectivity index (χ0v) is 13.1. The highest BCUT2D eigenvalue weighted by molar-refractivity contribution is 9.10. The lowest BCUT2D eigenvalue weighted by Crippen LogP contribution is -2.18. The first-order chi connectivity index (χ1) is 9.56. The Morgan fingerprint density at radius 3 is 2.80 bits per heavy atom. The molecule has 1 heterocycles. The largest absolute Gasteiger partial charge is 0.496 e. The van der Waals surface area contributed by atoms with Crippen LogP contribution >= 0.6 is 15.9 Å². The third kappa shape index (κ3) is 3.13. The molecular formula is C14H18BrNO4. The Labute approximate surface area is 126 Å². The molecule has 2 rings (SSSR count). The molecule has 0 bridgehead atoms. The molecule has 0 aliphatic carbocycles. The van der Waals surface area contributed by atoms with Crippen LogP contribution in [-0.2, 0) is 16.1 Å². The van der Waals surface area contributed by atoms with Crippen LogP contribution in [0.4, 0.5) is 0 Å². The number of methoxy groups -OCH3 is 2. The first-order valence-corrected chi connectivity index (χ1v) is 7.17. The number of halogens is 1. The summed E-state index contributed by atoms with van der Waals surface area (Å²) in [5.74, 6) is -0.372. The summed E-state index contributed by atoms with van der Waals surface area (Å²) in [5, 5.41) is 12.4. The van der Waals surface area contributed by atoms with Gasteiger partial charge in [0, 0.05) is 29.7 Å². The van der Waals surface area contributed by atoms with E-state index in [9.17, 15) is 4.79 Å². The summed E-state index contributed by atoms with van der Waals surface area (Å²) in [4.78, 5) is 11.1. The fourth-order valence-electron chi connectivity index (χ4n) is 2.63. The molecule has 0 spiro atoms. The summed E-state index contributed by atoms with van der Waals surface area (Å²) in [5.41, 5.74) is 1.99. The molecule has 1 fully saturated rings. The zero-order valence-electron chi connectivity index (χ0n) is 11.5. The van der Waals surface area contributed by atoms with E-state index in [-0.39, 0.29) is 12.0 Å². The molecule has 0 amide bonds. The van der Waals surface area contributed by atoms with Crippen LogP contribution < -0.4 is 10.1 Å². The SMILES string of the molecule is COCc1cc(Br)cc(OC)c1C1CC(C(=O)O)CN1. The second-order valence-corrected chi connectivity index (χ2v) is 5.76. The van der Waals surface area contributed by atoms with E-state index >= 15 is 0 Å². The van der Waals surface area contributed by atoms with Gasteiger partial charge in [0.2, 0.25) is 0 Å². The van der Waals surface area contributed by atoms with E-state index in [1.165, 1.54) is 0 Å². The molecule has 5 nitrogen and oxygen atoms in total. The van der Waals surface area contributed by atoms with Crippen molar-refractivity contribution in [3.63, 3.8) is 0 Å². The van der Waals surface area contributed by atoms with Crippen LogP contribution in [0.25, 0.3) is 0 Å². The predicted molar refractivity (Wildman–Crippen MR) is 77.9 cm³/mol. The van der Waals surface area contributed by atoms with Gasteiger partial charge >= 0.3 is 5.97 Å². The predicted octanol–water partition coefficient (Wildman–Crippen LogP) is 2.34. The Balaban J connectivity index is 2.36. The van der Waals surface area contributed by atoms with Crippen molar-refractivity contribution < 1.29 is 19.4 Å². The van der Waals surface area contributed by atoms with Crippen molar-refractivity contribution in [2.45, 2.75) is 19.1 Å².